The molecule has 0 bridgehead atoms. The van der Waals surface area contributed by atoms with Gasteiger partial charge in [0.2, 0.25) is 10.0 Å². The van der Waals surface area contributed by atoms with Crippen LogP contribution < -0.4 is 10.9 Å². The summed E-state index contributed by atoms with van der Waals surface area (Å²) < 4.78 is 27.1. The molecular formula is C22H20ClN3O4S. The fourth-order valence-corrected chi connectivity index (χ4v) is 4.18. The molecule has 0 unspecified atom stereocenters. The predicted octanol–water partition coefficient (Wildman–Crippen LogP) is 3.24. The highest BCUT2D eigenvalue weighted by Gasteiger charge is 2.23. The van der Waals surface area contributed by atoms with Crippen molar-refractivity contribution in [2.75, 3.05) is 7.05 Å². The molecule has 31 heavy (non-hydrogen) atoms. The van der Waals surface area contributed by atoms with E-state index in [2.05, 4.69) is 10.9 Å². The summed E-state index contributed by atoms with van der Waals surface area (Å²) in [7, 11) is -2.42. The van der Waals surface area contributed by atoms with Crippen molar-refractivity contribution in [2.24, 2.45) is 0 Å². The van der Waals surface area contributed by atoms with Crippen molar-refractivity contribution in [3.8, 4) is 0 Å². The number of hydrazine groups is 1. The molecule has 3 aromatic rings. The van der Waals surface area contributed by atoms with Gasteiger partial charge in [-0.25, -0.2) is 8.42 Å². The molecule has 0 aliphatic carbocycles. The van der Waals surface area contributed by atoms with Gasteiger partial charge in [0.05, 0.1) is 15.5 Å². The Morgan fingerprint density at radius 3 is 2.10 bits per heavy atom. The molecule has 0 fully saturated rings. The summed E-state index contributed by atoms with van der Waals surface area (Å²) in [6, 6.07) is 21.3. The second-order valence-corrected chi connectivity index (χ2v) is 9.11. The zero-order chi connectivity index (χ0) is 22.4. The van der Waals surface area contributed by atoms with Crippen LogP contribution in [0.1, 0.15) is 26.3 Å². The molecule has 0 saturated heterocycles. The molecule has 9 heteroatoms. The number of sulfonamides is 1. The summed E-state index contributed by atoms with van der Waals surface area (Å²) in [6.45, 7) is 0.167. The minimum absolute atomic E-state index is 0.0520. The Balaban J connectivity index is 1.75. The molecular weight excluding hydrogens is 438 g/mol. The number of benzene rings is 3. The maximum Gasteiger partial charge on any atom is 0.271 e. The first-order valence-electron chi connectivity index (χ1n) is 9.24. The van der Waals surface area contributed by atoms with Crippen molar-refractivity contribution >= 4 is 33.4 Å². The van der Waals surface area contributed by atoms with Gasteiger partial charge in [0.25, 0.3) is 11.8 Å². The number of carbonyl (C=O) groups is 2. The largest absolute Gasteiger partial charge is 0.271 e. The smallest absolute Gasteiger partial charge is 0.267 e. The van der Waals surface area contributed by atoms with Gasteiger partial charge in [-0.3, -0.25) is 20.4 Å². The molecule has 0 atom stereocenters. The van der Waals surface area contributed by atoms with Gasteiger partial charge in [0.15, 0.2) is 0 Å². The number of hydrogen-bond donors (Lipinski definition) is 2. The topological polar surface area (TPSA) is 95.6 Å². The Kier molecular flexibility index (Phi) is 7.06. The summed E-state index contributed by atoms with van der Waals surface area (Å²) in [5.74, 6) is -1.26. The number of nitrogens with zero attached hydrogens (tertiary/aromatic N) is 1. The van der Waals surface area contributed by atoms with Crippen LogP contribution in [0.4, 0.5) is 0 Å². The second-order valence-electron chi connectivity index (χ2n) is 6.66. The van der Waals surface area contributed by atoms with Crippen LogP contribution in [-0.2, 0) is 16.6 Å². The van der Waals surface area contributed by atoms with Crippen LogP contribution in [0.2, 0.25) is 5.02 Å². The summed E-state index contributed by atoms with van der Waals surface area (Å²) in [6.07, 6.45) is 0. The zero-order valence-electron chi connectivity index (χ0n) is 16.6. The van der Waals surface area contributed by atoms with Gasteiger partial charge < -0.3 is 0 Å². The lowest BCUT2D eigenvalue weighted by Gasteiger charge is -2.18. The summed E-state index contributed by atoms with van der Waals surface area (Å²) in [5, 5.41) is 0.0520. The van der Waals surface area contributed by atoms with Crippen molar-refractivity contribution in [3.05, 3.63) is 101 Å². The molecule has 160 valence electrons. The van der Waals surface area contributed by atoms with E-state index in [1.807, 2.05) is 30.3 Å². The summed E-state index contributed by atoms with van der Waals surface area (Å²) in [4.78, 5) is 24.5. The Bertz CT molecular complexity index is 1190. The number of hydrogen-bond acceptors (Lipinski definition) is 4. The minimum atomic E-state index is -3.88. The van der Waals surface area contributed by atoms with E-state index in [0.29, 0.717) is 5.56 Å². The van der Waals surface area contributed by atoms with Gasteiger partial charge in [-0.05, 0) is 35.9 Å². The lowest BCUT2D eigenvalue weighted by Crippen LogP contribution is -2.41. The fourth-order valence-electron chi connectivity index (χ4n) is 2.79. The van der Waals surface area contributed by atoms with Crippen LogP contribution in [0.15, 0.2) is 83.8 Å². The van der Waals surface area contributed by atoms with Gasteiger partial charge >= 0.3 is 0 Å². The summed E-state index contributed by atoms with van der Waals surface area (Å²) >= 11 is 6.10. The van der Waals surface area contributed by atoms with E-state index in [0.717, 1.165) is 5.56 Å². The molecule has 2 amide bonds. The van der Waals surface area contributed by atoms with E-state index < -0.39 is 21.8 Å². The maximum atomic E-state index is 13.0. The fraction of sp³-hybridized carbons (Fsp3) is 0.0909. The van der Waals surface area contributed by atoms with Crippen molar-refractivity contribution < 1.29 is 18.0 Å². The molecule has 7 nitrogen and oxygen atoms in total. The molecule has 2 N–H and O–H groups in total. The van der Waals surface area contributed by atoms with E-state index in [-0.39, 0.29) is 22.0 Å². The van der Waals surface area contributed by atoms with Crippen molar-refractivity contribution in [3.63, 3.8) is 0 Å². The van der Waals surface area contributed by atoms with Crippen LogP contribution in [0, 0.1) is 0 Å². The monoisotopic (exact) mass is 457 g/mol. The number of halogens is 1. The SMILES string of the molecule is CN(Cc1ccccc1)S(=O)(=O)c1ccc(Cl)c(C(=O)NNC(=O)c2ccccc2)c1. The van der Waals surface area contributed by atoms with Gasteiger partial charge in [0, 0.05) is 19.2 Å². The van der Waals surface area contributed by atoms with Crippen LogP contribution in [0.25, 0.3) is 0 Å². The Hall–Kier alpha value is -3.20. The molecule has 0 radical (unpaired) electrons. The molecule has 3 aromatic carbocycles. The molecule has 0 aliphatic rings. The van der Waals surface area contributed by atoms with E-state index >= 15 is 0 Å². The standard InChI is InChI=1S/C22H20ClN3O4S/c1-26(15-16-8-4-2-5-9-16)31(29,30)18-12-13-20(23)19(14-18)22(28)25-24-21(27)17-10-6-3-7-11-17/h2-14H,15H2,1H3,(H,24,27)(H,25,28). The first-order chi connectivity index (χ1) is 14.8. The average Bonchev–Trinajstić information content (AvgIpc) is 2.78. The van der Waals surface area contributed by atoms with Crippen LogP contribution in [0.3, 0.4) is 0 Å². The van der Waals surface area contributed by atoms with Gasteiger partial charge in [-0.2, -0.15) is 4.31 Å². The van der Waals surface area contributed by atoms with Crippen molar-refractivity contribution in [1.29, 1.82) is 0 Å². The van der Waals surface area contributed by atoms with E-state index in [1.54, 1.807) is 30.3 Å². The van der Waals surface area contributed by atoms with Gasteiger partial charge in [-0.15, -0.1) is 0 Å². The Morgan fingerprint density at radius 2 is 1.45 bits per heavy atom. The molecule has 3 rings (SSSR count). The highest BCUT2D eigenvalue weighted by atomic mass is 35.5. The number of rotatable bonds is 6. The normalized spacial score (nSPS) is 11.2. The van der Waals surface area contributed by atoms with Gasteiger partial charge in [-0.1, -0.05) is 60.1 Å². The second kappa shape index (κ2) is 9.74. The van der Waals surface area contributed by atoms with Crippen LogP contribution >= 0.6 is 11.6 Å². The zero-order valence-corrected chi connectivity index (χ0v) is 18.2. The maximum absolute atomic E-state index is 13.0. The predicted molar refractivity (Wildman–Crippen MR) is 118 cm³/mol. The lowest BCUT2D eigenvalue weighted by atomic mass is 10.2. The third-order valence-electron chi connectivity index (χ3n) is 4.46. The van der Waals surface area contributed by atoms with E-state index in [1.165, 1.54) is 29.6 Å². The number of nitrogens with one attached hydrogen (secondary N) is 2. The quantitative estimate of drug-likeness (QED) is 0.555. The molecule has 0 spiro atoms. The third kappa shape index (κ3) is 5.49. The average molecular weight is 458 g/mol. The highest BCUT2D eigenvalue weighted by molar-refractivity contribution is 7.89. The van der Waals surface area contributed by atoms with E-state index in [4.69, 9.17) is 11.6 Å². The van der Waals surface area contributed by atoms with Crippen molar-refractivity contribution in [2.45, 2.75) is 11.4 Å². The molecule has 0 aliphatic heterocycles. The van der Waals surface area contributed by atoms with Crippen LogP contribution in [0.5, 0.6) is 0 Å². The van der Waals surface area contributed by atoms with Gasteiger partial charge in [0.1, 0.15) is 0 Å². The third-order valence-corrected chi connectivity index (χ3v) is 6.59. The number of carbonyl (C=O) groups excluding carboxylic acids is 2. The highest BCUT2D eigenvalue weighted by Crippen LogP contribution is 2.23. The molecule has 0 aromatic heterocycles. The lowest BCUT2D eigenvalue weighted by molar-refractivity contribution is 0.0846. The Labute approximate surface area is 185 Å². The number of amides is 2. The first kappa shape index (κ1) is 22.5. The Morgan fingerprint density at radius 1 is 0.871 bits per heavy atom. The van der Waals surface area contributed by atoms with E-state index in [9.17, 15) is 18.0 Å². The summed E-state index contributed by atoms with van der Waals surface area (Å²) in [5.41, 5.74) is 5.63. The first-order valence-corrected chi connectivity index (χ1v) is 11.1. The molecule has 0 saturated carbocycles. The van der Waals surface area contributed by atoms with Crippen LogP contribution in [-0.4, -0.2) is 31.6 Å². The van der Waals surface area contributed by atoms with Crippen molar-refractivity contribution in [1.82, 2.24) is 15.2 Å². The molecule has 0 heterocycles. The minimum Gasteiger partial charge on any atom is -0.267 e.